The number of Topliss-reactive ketones (excluding diaryl/α,β-unsaturated/α-hetero) is 1. The van der Waals surface area contributed by atoms with Crippen molar-refractivity contribution < 1.29 is 27.6 Å². The molecule has 0 aromatic heterocycles. The van der Waals surface area contributed by atoms with Crippen LogP contribution in [0.5, 0.6) is 0 Å². The van der Waals surface area contributed by atoms with E-state index in [1.165, 1.54) is 25.1 Å². The van der Waals surface area contributed by atoms with E-state index in [0.717, 1.165) is 17.3 Å². The Morgan fingerprint density at radius 1 is 1.06 bits per heavy atom. The topological polar surface area (TPSA) is 57.7 Å². The monoisotopic (exact) mass is 458 g/mol. The number of fused-ring (bicyclic) bond motifs is 2. The van der Waals surface area contributed by atoms with Gasteiger partial charge in [-0.05, 0) is 61.6 Å². The molecule has 0 bridgehead atoms. The number of halogens is 3. The van der Waals surface area contributed by atoms with E-state index in [0.29, 0.717) is 31.5 Å². The summed E-state index contributed by atoms with van der Waals surface area (Å²) in [6.07, 6.45) is -3.66. The van der Waals surface area contributed by atoms with E-state index in [2.05, 4.69) is 0 Å². The smallest absolute Gasteiger partial charge is 0.343 e. The second-order valence-electron chi connectivity index (χ2n) is 8.77. The minimum Gasteiger partial charge on any atom is -0.343 e. The molecule has 174 valence electrons. The van der Waals surface area contributed by atoms with E-state index < -0.39 is 17.2 Å². The number of amides is 2. The maximum absolute atomic E-state index is 13.2. The average molecular weight is 458 g/mol. The molecule has 2 aliphatic rings. The number of nitrogens with zero attached hydrogens (tertiary/aromatic N) is 2. The SMILES string of the molecule is CC(=O)c1ccc2c(c1)C1(CCN(C(=O)CCc3ccccc3C(F)(F)F)CC1)C(=O)N2C. The lowest BCUT2D eigenvalue weighted by Gasteiger charge is -2.38. The molecule has 2 heterocycles. The second-order valence-corrected chi connectivity index (χ2v) is 8.77. The summed E-state index contributed by atoms with van der Waals surface area (Å²) in [7, 11) is 1.71. The maximum atomic E-state index is 13.2. The Balaban J connectivity index is 1.47. The highest BCUT2D eigenvalue weighted by molar-refractivity contribution is 6.09. The lowest BCUT2D eigenvalue weighted by Crippen LogP contribution is -2.49. The number of carbonyl (C=O) groups excluding carboxylic acids is 3. The molecule has 0 aliphatic carbocycles. The number of carbonyl (C=O) groups is 3. The molecule has 4 rings (SSSR count). The second kappa shape index (κ2) is 8.32. The Kier molecular flexibility index (Phi) is 5.80. The molecular weight excluding hydrogens is 433 g/mol. The molecule has 33 heavy (non-hydrogen) atoms. The molecule has 0 N–H and O–H groups in total. The van der Waals surface area contributed by atoms with Crippen LogP contribution >= 0.6 is 0 Å². The summed E-state index contributed by atoms with van der Waals surface area (Å²) in [4.78, 5) is 41.0. The summed E-state index contributed by atoms with van der Waals surface area (Å²) in [6.45, 7) is 2.15. The molecule has 2 amide bonds. The van der Waals surface area contributed by atoms with Gasteiger partial charge in [0.2, 0.25) is 11.8 Å². The molecular formula is C25H25F3N2O3. The highest BCUT2D eigenvalue weighted by Crippen LogP contribution is 2.48. The van der Waals surface area contributed by atoms with Gasteiger partial charge in [0.05, 0.1) is 11.0 Å². The lowest BCUT2D eigenvalue weighted by atomic mass is 9.73. The first-order valence-corrected chi connectivity index (χ1v) is 10.9. The van der Waals surface area contributed by atoms with Gasteiger partial charge < -0.3 is 9.80 Å². The largest absolute Gasteiger partial charge is 0.416 e. The first-order valence-electron chi connectivity index (χ1n) is 10.9. The summed E-state index contributed by atoms with van der Waals surface area (Å²) < 4.78 is 39.6. The van der Waals surface area contributed by atoms with Crippen molar-refractivity contribution in [3.05, 3.63) is 64.7 Å². The Morgan fingerprint density at radius 3 is 2.36 bits per heavy atom. The number of likely N-dealkylation sites (N-methyl/N-ethyl adjacent to an activating group) is 1. The quantitative estimate of drug-likeness (QED) is 0.639. The number of aryl methyl sites for hydroxylation is 1. The molecule has 0 radical (unpaired) electrons. The van der Waals surface area contributed by atoms with Crippen LogP contribution < -0.4 is 4.90 Å². The first kappa shape index (κ1) is 23.0. The molecule has 2 aromatic carbocycles. The number of anilines is 1. The van der Waals surface area contributed by atoms with Crippen molar-refractivity contribution in [3.63, 3.8) is 0 Å². The Bertz CT molecular complexity index is 1120. The highest BCUT2D eigenvalue weighted by atomic mass is 19.4. The van der Waals surface area contributed by atoms with Gasteiger partial charge in [-0.15, -0.1) is 0 Å². The number of hydrogen-bond acceptors (Lipinski definition) is 3. The highest BCUT2D eigenvalue weighted by Gasteiger charge is 2.51. The molecule has 0 atom stereocenters. The van der Waals surface area contributed by atoms with Gasteiger partial charge in [-0.3, -0.25) is 14.4 Å². The van der Waals surface area contributed by atoms with Crippen molar-refractivity contribution in [2.45, 2.75) is 44.2 Å². The van der Waals surface area contributed by atoms with E-state index in [4.69, 9.17) is 0 Å². The van der Waals surface area contributed by atoms with Crippen LogP contribution in [0.25, 0.3) is 0 Å². The third kappa shape index (κ3) is 4.03. The van der Waals surface area contributed by atoms with Crippen LogP contribution in [-0.4, -0.2) is 42.6 Å². The van der Waals surface area contributed by atoms with E-state index in [-0.39, 0.29) is 36.0 Å². The van der Waals surface area contributed by atoms with E-state index in [9.17, 15) is 27.6 Å². The van der Waals surface area contributed by atoms with Gasteiger partial charge in [0.15, 0.2) is 5.78 Å². The van der Waals surface area contributed by atoms with Crippen LogP contribution in [0.2, 0.25) is 0 Å². The zero-order valence-corrected chi connectivity index (χ0v) is 18.5. The Labute approximate surface area is 190 Å². The normalized spacial score (nSPS) is 17.4. The molecule has 1 fully saturated rings. The molecule has 0 saturated carbocycles. The van der Waals surface area contributed by atoms with Crippen molar-refractivity contribution in [3.8, 4) is 0 Å². The van der Waals surface area contributed by atoms with Crippen molar-refractivity contribution in [1.29, 1.82) is 0 Å². The Morgan fingerprint density at radius 2 is 1.73 bits per heavy atom. The number of benzene rings is 2. The predicted octanol–water partition coefficient (Wildman–Crippen LogP) is 4.38. The number of hydrogen-bond donors (Lipinski definition) is 0. The van der Waals surface area contributed by atoms with E-state index in [1.807, 2.05) is 0 Å². The summed E-state index contributed by atoms with van der Waals surface area (Å²) in [5.74, 6) is -0.357. The third-order valence-corrected chi connectivity index (χ3v) is 6.89. The summed E-state index contributed by atoms with van der Waals surface area (Å²) in [6, 6.07) is 10.6. The van der Waals surface area contributed by atoms with Gasteiger partial charge in [0, 0.05) is 37.8 Å². The summed E-state index contributed by atoms with van der Waals surface area (Å²) in [5, 5.41) is 0. The minimum atomic E-state index is -4.46. The van der Waals surface area contributed by atoms with Gasteiger partial charge in [-0.25, -0.2) is 0 Å². The third-order valence-electron chi connectivity index (χ3n) is 6.89. The minimum absolute atomic E-state index is 0.00261. The van der Waals surface area contributed by atoms with E-state index in [1.54, 1.807) is 35.0 Å². The molecule has 0 unspecified atom stereocenters. The fourth-order valence-corrected chi connectivity index (χ4v) is 5.01. The van der Waals surface area contributed by atoms with Crippen molar-refractivity contribution in [2.24, 2.45) is 0 Å². The van der Waals surface area contributed by atoms with Crippen LogP contribution in [0, 0.1) is 0 Å². The standard InChI is InChI=1S/C25H25F3N2O3/c1-16(31)18-7-9-21-20(15-18)24(23(33)29(21)2)11-13-30(14-12-24)22(32)10-8-17-5-3-4-6-19(17)25(26,27)28/h3-7,9,15H,8,10-14H2,1-2H3. The molecule has 1 spiro atoms. The molecule has 8 heteroatoms. The maximum Gasteiger partial charge on any atom is 0.416 e. The number of rotatable bonds is 4. The fourth-order valence-electron chi connectivity index (χ4n) is 5.01. The van der Waals surface area contributed by atoms with Crippen LogP contribution in [0.15, 0.2) is 42.5 Å². The number of alkyl halides is 3. The average Bonchev–Trinajstić information content (AvgIpc) is 2.99. The van der Waals surface area contributed by atoms with Gasteiger partial charge >= 0.3 is 6.18 Å². The number of likely N-dealkylation sites (tertiary alicyclic amines) is 1. The van der Waals surface area contributed by atoms with Gasteiger partial charge in [0.1, 0.15) is 0 Å². The molecule has 5 nitrogen and oxygen atoms in total. The van der Waals surface area contributed by atoms with Gasteiger partial charge in [-0.1, -0.05) is 18.2 Å². The summed E-state index contributed by atoms with van der Waals surface area (Å²) in [5.41, 5.74) is 0.730. The van der Waals surface area contributed by atoms with Crippen molar-refractivity contribution >= 4 is 23.3 Å². The van der Waals surface area contributed by atoms with Crippen LogP contribution in [0.1, 0.15) is 53.2 Å². The zero-order chi connectivity index (χ0) is 24.0. The van der Waals surface area contributed by atoms with Crippen molar-refractivity contribution in [2.75, 3.05) is 25.0 Å². The fraction of sp³-hybridized carbons (Fsp3) is 0.400. The number of piperidine rings is 1. The lowest BCUT2D eigenvalue weighted by molar-refractivity contribution is -0.139. The molecule has 2 aromatic rings. The Hall–Kier alpha value is -3.16. The van der Waals surface area contributed by atoms with Crippen LogP contribution in [0.4, 0.5) is 18.9 Å². The number of ketones is 1. The van der Waals surface area contributed by atoms with Gasteiger partial charge in [-0.2, -0.15) is 13.2 Å². The van der Waals surface area contributed by atoms with Crippen molar-refractivity contribution in [1.82, 2.24) is 4.90 Å². The van der Waals surface area contributed by atoms with Crippen LogP contribution in [0.3, 0.4) is 0 Å². The first-order chi connectivity index (χ1) is 15.5. The molecule has 1 saturated heterocycles. The van der Waals surface area contributed by atoms with Crippen LogP contribution in [-0.2, 0) is 27.6 Å². The summed E-state index contributed by atoms with van der Waals surface area (Å²) >= 11 is 0. The van der Waals surface area contributed by atoms with E-state index >= 15 is 0 Å². The predicted molar refractivity (Wildman–Crippen MR) is 117 cm³/mol. The zero-order valence-electron chi connectivity index (χ0n) is 18.5. The van der Waals surface area contributed by atoms with Gasteiger partial charge in [0.25, 0.3) is 0 Å². The molecule has 2 aliphatic heterocycles.